The Morgan fingerprint density at radius 2 is 1.81 bits per heavy atom. The Labute approximate surface area is 123 Å². The molecule has 0 unspecified atom stereocenters. The molecule has 0 amide bonds. The van der Waals surface area contributed by atoms with Crippen LogP contribution in [0.2, 0.25) is 0 Å². The van der Waals surface area contributed by atoms with Crippen LogP contribution in [0, 0.1) is 0 Å². The Hall–Kier alpha value is -2.37. The molecule has 0 saturated carbocycles. The number of hydrogen-bond donors (Lipinski definition) is 0. The second-order valence-corrected chi connectivity index (χ2v) is 4.02. The molecule has 0 spiro atoms. The van der Waals surface area contributed by atoms with E-state index in [1.54, 1.807) is 32.0 Å². The summed E-state index contributed by atoms with van der Waals surface area (Å²) in [7, 11) is 0. The zero-order valence-electron chi connectivity index (χ0n) is 12.4. The van der Waals surface area contributed by atoms with Crippen molar-refractivity contribution in [3.05, 3.63) is 23.8 Å². The summed E-state index contributed by atoms with van der Waals surface area (Å²) in [6.07, 6.45) is 1.93. The SMILES string of the molecule is CCOc1cc(C=NOC(=O)CC)ccc1OC(=O)CC. The standard InChI is InChI=1S/C15H19NO5/c1-4-14(17)20-12-8-7-11(9-13(12)19-6-3)10-16-21-15(18)5-2/h7-10H,4-6H2,1-3H3. The number of carbonyl (C=O) groups is 2. The lowest BCUT2D eigenvalue weighted by Crippen LogP contribution is -2.07. The average molecular weight is 293 g/mol. The zero-order chi connectivity index (χ0) is 15.7. The van der Waals surface area contributed by atoms with E-state index < -0.39 is 5.97 Å². The Morgan fingerprint density at radius 3 is 2.43 bits per heavy atom. The maximum absolute atomic E-state index is 11.3. The van der Waals surface area contributed by atoms with Crippen LogP contribution in [0.5, 0.6) is 11.5 Å². The van der Waals surface area contributed by atoms with Gasteiger partial charge in [-0.05, 0) is 25.1 Å². The van der Waals surface area contributed by atoms with E-state index in [0.29, 0.717) is 23.7 Å². The molecule has 0 atom stereocenters. The fourth-order valence-electron chi connectivity index (χ4n) is 1.36. The summed E-state index contributed by atoms with van der Waals surface area (Å²) in [6.45, 7) is 5.66. The molecule has 0 aliphatic rings. The highest BCUT2D eigenvalue weighted by Crippen LogP contribution is 2.28. The molecule has 6 heteroatoms. The van der Waals surface area contributed by atoms with Crippen LogP contribution < -0.4 is 9.47 Å². The smallest absolute Gasteiger partial charge is 0.334 e. The molecule has 1 aromatic carbocycles. The van der Waals surface area contributed by atoms with Gasteiger partial charge in [0.2, 0.25) is 0 Å². The lowest BCUT2D eigenvalue weighted by molar-refractivity contribution is -0.143. The van der Waals surface area contributed by atoms with Crippen LogP contribution in [0.15, 0.2) is 23.4 Å². The topological polar surface area (TPSA) is 74.2 Å². The fraction of sp³-hybridized carbons (Fsp3) is 0.400. The quantitative estimate of drug-likeness (QED) is 0.254. The highest BCUT2D eigenvalue weighted by molar-refractivity contribution is 5.82. The first-order valence-corrected chi connectivity index (χ1v) is 6.81. The Kier molecular flexibility index (Phi) is 6.94. The van der Waals surface area contributed by atoms with Gasteiger partial charge < -0.3 is 14.3 Å². The van der Waals surface area contributed by atoms with Crippen molar-refractivity contribution in [2.45, 2.75) is 33.6 Å². The van der Waals surface area contributed by atoms with Crippen molar-refractivity contribution >= 4 is 18.2 Å². The number of esters is 1. The minimum Gasteiger partial charge on any atom is -0.490 e. The minimum atomic E-state index is -0.412. The van der Waals surface area contributed by atoms with Crippen LogP contribution in [0.25, 0.3) is 0 Å². The molecule has 0 fully saturated rings. The van der Waals surface area contributed by atoms with Gasteiger partial charge in [-0.25, -0.2) is 4.79 Å². The van der Waals surface area contributed by atoms with Crippen LogP contribution in [0.3, 0.4) is 0 Å². The maximum Gasteiger partial charge on any atom is 0.334 e. The summed E-state index contributed by atoms with van der Waals surface area (Å²) in [5.74, 6) is 0.0375. The van der Waals surface area contributed by atoms with E-state index in [2.05, 4.69) is 9.99 Å². The second-order valence-electron chi connectivity index (χ2n) is 4.02. The van der Waals surface area contributed by atoms with Crippen LogP contribution >= 0.6 is 0 Å². The number of nitrogens with zero attached hydrogens (tertiary/aromatic N) is 1. The highest BCUT2D eigenvalue weighted by Gasteiger charge is 2.09. The molecule has 21 heavy (non-hydrogen) atoms. The number of benzene rings is 1. The van der Waals surface area contributed by atoms with Crippen LogP contribution in [-0.2, 0) is 14.4 Å². The maximum atomic E-state index is 11.3. The first-order chi connectivity index (χ1) is 10.1. The van der Waals surface area contributed by atoms with Crippen molar-refractivity contribution < 1.29 is 23.9 Å². The van der Waals surface area contributed by atoms with Gasteiger partial charge in [0.25, 0.3) is 0 Å². The van der Waals surface area contributed by atoms with Gasteiger partial charge in [-0.3, -0.25) is 4.79 Å². The molecular weight excluding hydrogens is 274 g/mol. The molecule has 0 aliphatic heterocycles. The largest absolute Gasteiger partial charge is 0.490 e. The third-order valence-electron chi connectivity index (χ3n) is 2.43. The molecule has 0 bridgehead atoms. The molecule has 6 nitrogen and oxygen atoms in total. The van der Waals surface area contributed by atoms with E-state index in [0.717, 1.165) is 0 Å². The first-order valence-electron chi connectivity index (χ1n) is 6.81. The predicted octanol–water partition coefficient (Wildman–Crippen LogP) is 2.69. The van der Waals surface area contributed by atoms with Crippen molar-refractivity contribution in [2.24, 2.45) is 5.16 Å². The normalized spacial score (nSPS) is 10.4. The van der Waals surface area contributed by atoms with Gasteiger partial charge in [0.15, 0.2) is 11.5 Å². The number of ether oxygens (including phenoxy) is 2. The monoisotopic (exact) mass is 293 g/mol. The van der Waals surface area contributed by atoms with Gasteiger partial charge in [-0.15, -0.1) is 0 Å². The van der Waals surface area contributed by atoms with E-state index in [9.17, 15) is 9.59 Å². The number of oxime groups is 1. The lowest BCUT2D eigenvalue weighted by atomic mass is 10.2. The summed E-state index contributed by atoms with van der Waals surface area (Å²) >= 11 is 0. The van der Waals surface area contributed by atoms with Gasteiger partial charge in [0.1, 0.15) is 0 Å². The van der Waals surface area contributed by atoms with E-state index in [4.69, 9.17) is 9.47 Å². The predicted molar refractivity (Wildman–Crippen MR) is 77.5 cm³/mol. The van der Waals surface area contributed by atoms with E-state index in [-0.39, 0.29) is 18.8 Å². The summed E-state index contributed by atoms with van der Waals surface area (Å²) in [5.41, 5.74) is 0.665. The third kappa shape index (κ3) is 5.64. The molecule has 0 N–H and O–H groups in total. The number of carbonyl (C=O) groups excluding carboxylic acids is 2. The number of hydrogen-bond acceptors (Lipinski definition) is 6. The number of rotatable bonds is 7. The molecule has 0 radical (unpaired) electrons. The molecule has 1 rings (SSSR count). The van der Waals surface area contributed by atoms with Crippen molar-refractivity contribution in [1.82, 2.24) is 0 Å². The summed E-state index contributed by atoms with van der Waals surface area (Å²) in [5, 5.41) is 3.58. The molecule has 0 heterocycles. The Morgan fingerprint density at radius 1 is 1.10 bits per heavy atom. The van der Waals surface area contributed by atoms with Crippen molar-refractivity contribution in [3.63, 3.8) is 0 Å². The fourth-order valence-corrected chi connectivity index (χ4v) is 1.36. The van der Waals surface area contributed by atoms with E-state index in [1.165, 1.54) is 6.21 Å². The van der Waals surface area contributed by atoms with Gasteiger partial charge >= 0.3 is 11.9 Å². The van der Waals surface area contributed by atoms with E-state index >= 15 is 0 Å². The zero-order valence-corrected chi connectivity index (χ0v) is 12.4. The van der Waals surface area contributed by atoms with Crippen LogP contribution in [-0.4, -0.2) is 24.8 Å². The minimum absolute atomic E-state index is 0.257. The molecular formula is C15H19NO5. The van der Waals surface area contributed by atoms with Crippen LogP contribution in [0.1, 0.15) is 39.2 Å². The van der Waals surface area contributed by atoms with Gasteiger partial charge in [0, 0.05) is 18.4 Å². The second kappa shape index (κ2) is 8.73. The van der Waals surface area contributed by atoms with E-state index in [1.807, 2.05) is 6.92 Å². The molecule has 114 valence electrons. The summed E-state index contributed by atoms with van der Waals surface area (Å²) < 4.78 is 10.6. The molecule has 1 aromatic rings. The molecule has 0 aromatic heterocycles. The third-order valence-corrected chi connectivity index (χ3v) is 2.43. The van der Waals surface area contributed by atoms with Crippen molar-refractivity contribution in [2.75, 3.05) is 6.61 Å². The lowest BCUT2D eigenvalue weighted by Gasteiger charge is -2.10. The van der Waals surface area contributed by atoms with Gasteiger partial charge in [-0.2, -0.15) is 0 Å². The molecule has 0 saturated heterocycles. The Bertz CT molecular complexity index is 525. The Balaban J connectivity index is 2.86. The summed E-state index contributed by atoms with van der Waals surface area (Å²) in [4.78, 5) is 26.9. The van der Waals surface area contributed by atoms with Gasteiger partial charge in [-0.1, -0.05) is 19.0 Å². The van der Waals surface area contributed by atoms with Crippen LogP contribution in [0.4, 0.5) is 0 Å². The van der Waals surface area contributed by atoms with Crippen molar-refractivity contribution in [3.8, 4) is 11.5 Å². The van der Waals surface area contributed by atoms with Crippen molar-refractivity contribution in [1.29, 1.82) is 0 Å². The molecule has 0 aliphatic carbocycles. The first kappa shape index (κ1) is 16.7. The average Bonchev–Trinajstić information content (AvgIpc) is 2.49. The highest BCUT2D eigenvalue weighted by atomic mass is 16.7. The van der Waals surface area contributed by atoms with Gasteiger partial charge in [0.05, 0.1) is 12.8 Å². The summed E-state index contributed by atoms with van der Waals surface area (Å²) in [6, 6.07) is 4.96.